The number of benzene rings is 3. The van der Waals surface area contributed by atoms with Gasteiger partial charge in [-0.25, -0.2) is 0 Å². The molecular weight excluding hydrogens is 488 g/mol. The number of piperidine rings is 1. The third-order valence-corrected chi connectivity index (χ3v) is 7.82. The summed E-state index contributed by atoms with van der Waals surface area (Å²) in [7, 11) is 0. The van der Waals surface area contributed by atoms with Crippen LogP contribution in [-0.4, -0.2) is 47.4 Å². The summed E-state index contributed by atoms with van der Waals surface area (Å²) in [5.41, 5.74) is 5.07. The Morgan fingerprint density at radius 2 is 1.49 bits per heavy atom. The molecule has 2 heterocycles. The van der Waals surface area contributed by atoms with Gasteiger partial charge in [-0.2, -0.15) is 0 Å². The molecule has 7 nitrogen and oxygen atoms in total. The van der Waals surface area contributed by atoms with Gasteiger partial charge in [0.15, 0.2) is 0 Å². The molecule has 4 aromatic rings. The molecule has 1 fully saturated rings. The maximum atomic E-state index is 11.9. The molecule has 0 spiro atoms. The number of carbonyl (C=O) groups is 1. The zero-order valence-corrected chi connectivity index (χ0v) is 21.9. The fourth-order valence-electron chi connectivity index (χ4n) is 5.60. The molecule has 1 aliphatic rings. The third kappa shape index (κ3) is 5.89. The van der Waals surface area contributed by atoms with Crippen LogP contribution in [0.1, 0.15) is 30.4 Å². The first-order valence-corrected chi connectivity index (χ1v) is 13.4. The molecule has 39 heavy (non-hydrogen) atoms. The maximum absolute atomic E-state index is 11.9. The topological polar surface area (TPSA) is 79.6 Å². The summed E-state index contributed by atoms with van der Waals surface area (Å²) >= 11 is 0. The first kappa shape index (κ1) is 26.3. The average molecular weight is 521 g/mol. The van der Waals surface area contributed by atoms with Gasteiger partial charge in [0.1, 0.15) is 0 Å². The second-order valence-electron chi connectivity index (χ2n) is 10.0. The van der Waals surface area contributed by atoms with E-state index in [1.807, 2.05) is 12.1 Å². The fourth-order valence-corrected chi connectivity index (χ4v) is 5.60. The van der Waals surface area contributed by atoms with E-state index in [-0.39, 0.29) is 11.1 Å². The van der Waals surface area contributed by atoms with Crippen molar-refractivity contribution in [2.75, 3.05) is 31.1 Å². The van der Waals surface area contributed by atoms with E-state index in [1.165, 1.54) is 23.3 Å². The van der Waals surface area contributed by atoms with Crippen LogP contribution in [0.25, 0.3) is 11.3 Å². The number of likely N-dealkylation sites (tertiary alicyclic amines) is 1. The molecule has 0 N–H and O–H groups in total. The summed E-state index contributed by atoms with van der Waals surface area (Å²) in [6, 6.07) is 31.7. The fraction of sp³-hybridized carbons (Fsp3) is 0.250. The molecule has 5 rings (SSSR count). The molecule has 1 saturated heterocycles. The number of aromatic nitrogens is 1. The maximum Gasteiger partial charge on any atom is 0.269 e. The van der Waals surface area contributed by atoms with Crippen LogP contribution in [0.2, 0.25) is 0 Å². The lowest BCUT2D eigenvalue weighted by atomic mass is 9.68. The van der Waals surface area contributed by atoms with Crippen molar-refractivity contribution in [2.24, 2.45) is 0 Å². The van der Waals surface area contributed by atoms with E-state index in [0.717, 1.165) is 56.6 Å². The Morgan fingerprint density at radius 3 is 2.00 bits per heavy atom. The average Bonchev–Trinajstić information content (AvgIpc) is 3.01. The van der Waals surface area contributed by atoms with Crippen LogP contribution < -0.4 is 4.90 Å². The molecular formula is C32H32N4O3. The van der Waals surface area contributed by atoms with Gasteiger partial charge in [-0.05, 0) is 74.3 Å². The van der Waals surface area contributed by atoms with Crippen LogP contribution in [0.3, 0.4) is 0 Å². The molecule has 1 aliphatic heterocycles. The van der Waals surface area contributed by atoms with Crippen molar-refractivity contribution in [3.63, 3.8) is 0 Å². The molecule has 7 heteroatoms. The van der Waals surface area contributed by atoms with E-state index in [0.29, 0.717) is 12.2 Å². The Bertz CT molecular complexity index is 1330. The highest BCUT2D eigenvalue weighted by Gasteiger charge is 2.37. The number of nitro benzene ring substituents is 1. The monoisotopic (exact) mass is 520 g/mol. The van der Waals surface area contributed by atoms with Crippen molar-refractivity contribution in [2.45, 2.75) is 24.7 Å². The van der Waals surface area contributed by atoms with E-state index >= 15 is 0 Å². The second kappa shape index (κ2) is 12.0. The highest BCUT2D eigenvalue weighted by Crippen LogP contribution is 2.41. The number of rotatable bonds is 10. The predicted molar refractivity (Wildman–Crippen MR) is 154 cm³/mol. The van der Waals surface area contributed by atoms with Crippen molar-refractivity contribution in [1.82, 2.24) is 9.88 Å². The number of amides is 1. The second-order valence-corrected chi connectivity index (χ2v) is 10.0. The molecule has 0 atom stereocenters. The van der Waals surface area contributed by atoms with Crippen molar-refractivity contribution >= 4 is 17.8 Å². The Kier molecular flexibility index (Phi) is 8.08. The minimum absolute atomic E-state index is 0.0327. The van der Waals surface area contributed by atoms with E-state index in [1.54, 1.807) is 23.2 Å². The summed E-state index contributed by atoms with van der Waals surface area (Å²) in [6.45, 7) is 3.56. The Morgan fingerprint density at radius 1 is 0.872 bits per heavy atom. The van der Waals surface area contributed by atoms with Crippen molar-refractivity contribution in [3.05, 3.63) is 124 Å². The van der Waals surface area contributed by atoms with Crippen LogP contribution in [0.4, 0.5) is 11.4 Å². The van der Waals surface area contributed by atoms with Gasteiger partial charge < -0.3 is 9.80 Å². The Labute approximate surface area is 228 Å². The van der Waals surface area contributed by atoms with Gasteiger partial charge in [-0.1, -0.05) is 60.7 Å². The minimum atomic E-state index is -0.422. The summed E-state index contributed by atoms with van der Waals surface area (Å²) in [5, 5.41) is 10.9. The highest BCUT2D eigenvalue weighted by molar-refractivity contribution is 5.75. The SMILES string of the molecule is O=CN(CCCN1CCC(c2ccccc2)(c2ccccc2)CC1)c1ccc(-c2ccc([N+](=O)[O-])cc2)nc1. The quantitative estimate of drug-likeness (QED) is 0.144. The summed E-state index contributed by atoms with van der Waals surface area (Å²) in [4.78, 5) is 31.0. The number of carbonyl (C=O) groups excluding carboxylic acids is 1. The molecule has 0 saturated carbocycles. The zero-order chi connectivity index (χ0) is 27.1. The number of non-ortho nitro benzene ring substituents is 1. The minimum Gasteiger partial charge on any atom is -0.313 e. The summed E-state index contributed by atoms with van der Waals surface area (Å²) < 4.78 is 0. The number of nitrogens with zero attached hydrogens (tertiary/aromatic N) is 4. The molecule has 0 radical (unpaired) electrons. The van der Waals surface area contributed by atoms with Crippen LogP contribution in [0.15, 0.2) is 103 Å². The van der Waals surface area contributed by atoms with Gasteiger partial charge in [0, 0.05) is 29.7 Å². The summed E-state index contributed by atoms with van der Waals surface area (Å²) in [5.74, 6) is 0. The lowest BCUT2D eigenvalue weighted by molar-refractivity contribution is -0.384. The van der Waals surface area contributed by atoms with Gasteiger partial charge in [-0.15, -0.1) is 0 Å². The van der Waals surface area contributed by atoms with Crippen LogP contribution in [-0.2, 0) is 10.2 Å². The largest absolute Gasteiger partial charge is 0.313 e. The van der Waals surface area contributed by atoms with Gasteiger partial charge >= 0.3 is 0 Å². The summed E-state index contributed by atoms with van der Waals surface area (Å²) in [6.07, 6.45) is 5.53. The molecule has 3 aromatic carbocycles. The number of pyridine rings is 1. The Hall–Kier alpha value is -4.36. The normalized spacial score (nSPS) is 15.0. The van der Waals surface area contributed by atoms with Gasteiger partial charge in [0.25, 0.3) is 5.69 Å². The van der Waals surface area contributed by atoms with Crippen LogP contribution in [0, 0.1) is 10.1 Å². The number of nitro groups is 1. The molecule has 0 aliphatic carbocycles. The lowest BCUT2D eigenvalue weighted by Gasteiger charge is -2.43. The van der Waals surface area contributed by atoms with Gasteiger partial charge in [-0.3, -0.25) is 19.9 Å². The highest BCUT2D eigenvalue weighted by atomic mass is 16.6. The first-order chi connectivity index (χ1) is 19.1. The smallest absolute Gasteiger partial charge is 0.269 e. The van der Waals surface area contributed by atoms with E-state index in [2.05, 4.69) is 70.5 Å². The number of hydrogen-bond donors (Lipinski definition) is 0. The number of hydrogen-bond acceptors (Lipinski definition) is 5. The molecule has 1 amide bonds. The first-order valence-electron chi connectivity index (χ1n) is 13.4. The van der Waals surface area contributed by atoms with E-state index in [4.69, 9.17) is 0 Å². The van der Waals surface area contributed by atoms with Crippen LogP contribution in [0.5, 0.6) is 0 Å². The van der Waals surface area contributed by atoms with Crippen molar-refractivity contribution < 1.29 is 9.72 Å². The van der Waals surface area contributed by atoms with Crippen molar-refractivity contribution in [3.8, 4) is 11.3 Å². The van der Waals surface area contributed by atoms with E-state index < -0.39 is 4.92 Å². The Balaban J connectivity index is 1.17. The van der Waals surface area contributed by atoms with E-state index in [9.17, 15) is 14.9 Å². The van der Waals surface area contributed by atoms with Gasteiger partial charge in [0.05, 0.1) is 22.5 Å². The standard InChI is InChI=1S/C32H32N4O3/c37-25-35(30-16-17-31(33-24-30)26-12-14-29(15-13-26)36(38)39)21-7-20-34-22-18-32(19-23-34,27-8-3-1-4-9-27)28-10-5-2-6-11-28/h1-6,8-17,24-25H,7,18-23H2. The van der Waals surface area contributed by atoms with Gasteiger partial charge in [0.2, 0.25) is 6.41 Å². The molecule has 198 valence electrons. The third-order valence-electron chi connectivity index (χ3n) is 7.82. The van der Waals surface area contributed by atoms with Crippen molar-refractivity contribution in [1.29, 1.82) is 0 Å². The predicted octanol–water partition coefficient (Wildman–Crippen LogP) is 6.09. The van der Waals surface area contributed by atoms with Crippen LogP contribution >= 0.6 is 0 Å². The number of anilines is 1. The zero-order valence-electron chi connectivity index (χ0n) is 21.9. The lowest BCUT2D eigenvalue weighted by Crippen LogP contribution is -2.44. The molecule has 0 bridgehead atoms. The molecule has 1 aromatic heterocycles. The molecule has 0 unspecified atom stereocenters.